The zero-order valence-electron chi connectivity index (χ0n) is 22.3. The van der Waals surface area contributed by atoms with Crippen LogP contribution < -0.4 is 4.74 Å². The van der Waals surface area contributed by atoms with E-state index in [0.29, 0.717) is 54.3 Å². The Balaban J connectivity index is 1.41. The maximum Gasteiger partial charge on any atom is 0.244 e. The molecule has 6 nitrogen and oxygen atoms in total. The highest BCUT2D eigenvalue weighted by molar-refractivity contribution is 7.89. The average Bonchev–Trinajstić information content (AvgIpc) is 3.77. The lowest BCUT2D eigenvalue weighted by molar-refractivity contribution is 0.0982. The maximum absolute atomic E-state index is 14.1. The summed E-state index contributed by atoms with van der Waals surface area (Å²) in [7, 11) is -3.88. The van der Waals surface area contributed by atoms with Crippen molar-refractivity contribution < 1.29 is 17.9 Å². The van der Waals surface area contributed by atoms with Crippen LogP contribution in [-0.2, 0) is 28.5 Å². The molecule has 1 aliphatic rings. The number of pyridine rings is 1. The van der Waals surface area contributed by atoms with E-state index in [1.54, 1.807) is 46.9 Å². The number of rotatable bonds is 12. The van der Waals surface area contributed by atoms with Gasteiger partial charge in [-0.05, 0) is 85.8 Å². The SMILES string of the molecule is CCOc1ccc(S(=O)(=O)N(Cc2ccccn2)C2(c3ccc(C(=O)CCc4cccc(Cl)c4)cc3)CC2)cc1. The Kier molecular flexibility index (Phi) is 8.35. The molecule has 0 spiro atoms. The molecule has 0 N–H and O–H groups in total. The molecule has 0 amide bonds. The highest BCUT2D eigenvalue weighted by Crippen LogP contribution is 2.53. The molecule has 0 aliphatic heterocycles. The van der Waals surface area contributed by atoms with Gasteiger partial charge in [-0.3, -0.25) is 9.78 Å². The minimum absolute atomic E-state index is 0.0312. The number of sulfonamides is 1. The Morgan fingerprint density at radius 2 is 1.73 bits per heavy atom. The normalized spacial score (nSPS) is 14.2. The summed E-state index contributed by atoms with van der Waals surface area (Å²) in [6.45, 7) is 2.52. The Morgan fingerprint density at radius 1 is 0.975 bits per heavy atom. The van der Waals surface area contributed by atoms with Gasteiger partial charge in [0.15, 0.2) is 5.78 Å². The van der Waals surface area contributed by atoms with Gasteiger partial charge in [0, 0.05) is 23.2 Å². The van der Waals surface area contributed by atoms with Crippen molar-refractivity contribution in [3.8, 4) is 5.75 Å². The summed E-state index contributed by atoms with van der Waals surface area (Å²) < 4.78 is 35.2. The van der Waals surface area contributed by atoms with Crippen molar-refractivity contribution in [1.82, 2.24) is 9.29 Å². The van der Waals surface area contributed by atoms with Gasteiger partial charge < -0.3 is 4.74 Å². The van der Waals surface area contributed by atoms with Crippen LogP contribution in [0.4, 0.5) is 0 Å². The summed E-state index contributed by atoms with van der Waals surface area (Å²) in [5, 5.41) is 0.652. The monoisotopic (exact) mass is 574 g/mol. The smallest absolute Gasteiger partial charge is 0.244 e. The first-order chi connectivity index (χ1) is 19.3. The van der Waals surface area contributed by atoms with E-state index in [2.05, 4.69) is 4.98 Å². The van der Waals surface area contributed by atoms with Gasteiger partial charge in [0.1, 0.15) is 5.75 Å². The van der Waals surface area contributed by atoms with Crippen LogP contribution in [0.1, 0.15) is 53.4 Å². The van der Waals surface area contributed by atoms with Crippen molar-refractivity contribution in [3.05, 3.63) is 125 Å². The predicted octanol–water partition coefficient (Wildman–Crippen LogP) is 6.83. The van der Waals surface area contributed by atoms with E-state index in [4.69, 9.17) is 16.3 Å². The van der Waals surface area contributed by atoms with Gasteiger partial charge >= 0.3 is 0 Å². The number of aromatic nitrogens is 1. The summed E-state index contributed by atoms with van der Waals surface area (Å²) in [6, 6.07) is 26.9. The standard InChI is InChI=1S/C32H31ClN2O4S/c1-2-39-29-14-16-30(17-15-29)40(37,38)35(23-28-8-3-4-21-34-28)32(19-20-32)26-12-10-25(11-13-26)31(36)18-9-24-6-5-7-27(33)22-24/h3-8,10-17,21-22H,2,9,18-20,23H2,1H3. The van der Waals surface area contributed by atoms with Crippen molar-refractivity contribution in [3.63, 3.8) is 0 Å². The number of halogens is 1. The number of carbonyl (C=O) groups is 1. The van der Waals surface area contributed by atoms with E-state index in [1.807, 2.05) is 61.5 Å². The molecule has 0 atom stereocenters. The summed E-state index contributed by atoms with van der Waals surface area (Å²) in [4.78, 5) is 17.5. The van der Waals surface area contributed by atoms with Crippen LogP contribution in [0.25, 0.3) is 0 Å². The summed E-state index contributed by atoms with van der Waals surface area (Å²) in [6.07, 6.45) is 3.99. The average molecular weight is 575 g/mol. The van der Waals surface area contributed by atoms with Crippen LogP contribution in [0.3, 0.4) is 0 Å². The molecule has 1 aliphatic carbocycles. The fourth-order valence-corrected chi connectivity index (χ4v) is 6.97. The van der Waals surface area contributed by atoms with E-state index in [9.17, 15) is 13.2 Å². The molecular weight excluding hydrogens is 544 g/mol. The second-order valence-corrected chi connectivity index (χ2v) is 12.2. The first kappa shape index (κ1) is 28.0. The van der Waals surface area contributed by atoms with E-state index in [0.717, 1.165) is 11.1 Å². The first-order valence-corrected chi connectivity index (χ1v) is 15.2. The third-order valence-corrected chi connectivity index (χ3v) is 9.39. The lowest BCUT2D eigenvalue weighted by atomic mass is 9.98. The molecule has 1 aromatic heterocycles. The van der Waals surface area contributed by atoms with Gasteiger partial charge in [0.05, 0.1) is 29.3 Å². The highest BCUT2D eigenvalue weighted by atomic mass is 35.5. The van der Waals surface area contributed by atoms with Crippen LogP contribution in [0.2, 0.25) is 5.02 Å². The number of Topliss-reactive ketones (excluding diaryl/α,β-unsaturated/α-hetero) is 1. The number of hydrogen-bond acceptors (Lipinski definition) is 5. The Labute approximate surface area is 240 Å². The quantitative estimate of drug-likeness (QED) is 0.173. The van der Waals surface area contributed by atoms with Gasteiger partial charge in [-0.1, -0.05) is 54.1 Å². The van der Waals surface area contributed by atoms with E-state index in [1.165, 1.54) is 0 Å². The second kappa shape index (κ2) is 11.9. The summed E-state index contributed by atoms with van der Waals surface area (Å²) in [5.41, 5.74) is 2.43. The fourth-order valence-electron chi connectivity index (χ4n) is 4.97. The first-order valence-electron chi connectivity index (χ1n) is 13.4. The van der Waals surface area contributed by atoms with Gasteiger partial charge in [-0.15, -0.1) is 0 Å². The zero-order chi connectivity index (χ0) is 28.2. The number of ketones is 1. The second-order valence-electron chi connectivity index (χ2n) is 9.90. The molecule has 0 bridgehead atoms. The van der Waals surface area contributed by atoms with Crippen LogP contribution in [0.5, 0.6) is 5.75 Å². The number of carbonyl (C=O) groups excluding carboxylic acids is 1. The van der Waals surface area contributed by atoms with Gasteiger partial charge in [0.2, 0.25) is 10.0 Å². The van der Waals surface area contributed by atoms with Gasteiger partial charge in [-0.2, -0.15) is 4.31 Å². The van der Waals surface area contributed by atoms with Crippen molar-refractivity contribution in [2.75, 3.05) is 6.61 Å². The molecule has 1 fully saturated rings. The lowest BCUT2D eigenvalue weighted by Crippen LogP contribution is -2.40. The third kappa shape index (κ3) is 6.12. The highest BCUT2D eigenvalue weighted by Gasteiger charge is 2.54. The van der Waals surface area contributed by atoms with Crippen molar-refractivity contribution in [2.45, 2.75) is 49.6 Å². The number of nitrogens with zero attached hydrogens (tertiary/aromatic N) is 2. The predicted molar refractivity (Wildman–Crippen MR) is 156 cm³/mol. The third-order valence-electron chi connectivity index (χ3n) is 7.23. The summed E-state index contributed by atoms with van der Waals surface area (Å²) in [5.74, 6) is 0.651. The topological polar surface area (TPSA) is 76.6 Å². The van der Waals surface area contributed by atoms with Crippen LogP contribution in [0.15, 0.2) is 102 Å². The minimum atomic E-state index is -3.88. The van der Waals surface area contributed by atoms with Crippen molar-refractivity contribution in [2.24, 2.45) is 0 Å². The molecule has 1 saturated carbocycles. The van der Waals surface area contributed by atoms with Gasteiger partial charge in [0.25, 0.3) is 0 Å². The number of aryl methyl sites for hydroxylation is 1. The van der Waals surface area contributed by atoms with E-state index >= 15 is 0 Å². The molecule has 8 heteroatoms. The van der Waals surface area contributed by atoms with Gasteiger partial charge in [-0.25, -0.2) is 8.42 Å². The molecular formula is C32H31ClN2O4S. The maximum atomic E-state index is 14.1. The molecule has 40 heavy (non-hydrogen) atoms. The summed E-state index contributed by atoms with van der Waals surface area (Å²) >= 11 is 6.07. The van der Waals surface area contributed by atoms with Crippen molar-refractivity contribution in [1.29, 1.82) is 0 Å². The molecule has 0 radical (unpaired) electrons. The molecule has 5 rings (SSSR count). The molecule has 4 aromatic rings. The largest absolute Gasteiger partial charge is 0.494 e. The zero-order valence-corrected chi connectivity index (χ0v) is 23.9. The minimum Gasteiger partial charge on any atom is -0.494 e. The molecule has 3 aromatic carbocycles. The van der Waals surface area contributed by atoms with Crippen LogP contribution in [0, 0.1) is 0 Å². The number of hydrogen-bond donors (Lipinski definition) is 0. The number of benzene rings is 3. The lowest BCUT2D eigenvalue weighted by Gasteiger charge is -2.31. The Bertz CT molecular complexity index is 1570. The van der Waals surface area contributed by atoms with Crippen LogP contribution in [-0.4, -0.2) is 30.1 Å². The van der Waals surface area contributed by atoms with E-state index < -0.39 is 15.6 Å². The fraction of sp³-hybridized carbons (Fsp3) is 0.250. The Morgan fingerprint density at radius 3 is 2.35 bits per heavy atom. The molecule has 1 heterocycles. The van der Waals surface area contributed by atoms with E-state index in [-0.39, 0.29) is 17.2 Å². The molecule has 0 unspecified atom stereocenters. The Hall–Kier alpha value is -3.52. The molecule has 0 saturated heterocycles. The molecule has 206 valence electrons. The van der Waals surface area contributed by atoms with Crippen LogP contribution >= 0.6 is 11.6 Å². The number of ether oxygens (including phenoxy) is 1. The van der Waals surface area contributed by atoms with Crippen molar-refractivity contribution >= 4 is 27.4 Å².